The second-order valence-corrected chi connectivity index (χ2v) is 3.93. The van der Waals surface area contributed by atoms with Crippen LogP contribution in [0.2, 0.25) is 0 Å². The summed E-state index contributed by atoms with van der Waals surface area (Å²) < 4.78 is 35.6. The van der Waals surface area contributed by atoms with E-state index in [2.05, 4.69) is 5.32 Å². The highest BCUT2D eigenvalue weighted by Gasteiger charge is 2.26. The van der Waals surface area contributed by atoms with E-state index in [1.54, 1.807) is 0 Å². The highest BCUT2D eigenvalue weighted by molar-refractivity contribution is 5.33. The minimum atomic E-state index is -4.23. The topological polar surface area (TPSA) is 75.4 Å². The summed E-state index contributed by atoms with van der Waals surface area (Å²) >= 11 is 0. The van der Waals surface area contributed by atoms with E-state index >= 15 is 0 Å². The molecule has 0 saturated heterocycles. The Hall–Kier alpha value is -1.67. The van der Waals surface area contributed by atoms with Crippen molar-refractivity contribution < 1.29 is 23.2 Å². The minimum absolute atomic E-state index is 0.0477. The molecule has 0 aliphatic heterocycles. The number of halogens is 3. The first-order valence-electron chi connectivity index (χ1n) is 5.49. The number of aliphatic hydroxyl groups is 1. The van der Waals surface area contributed by atoms with Crippen molar-refractivity contribution in [3.8, 4) is 0 Å². The van der Waals surface area contributed by atoms with Gasteiger partial charge in [0.05, 0.1) is 17.4 Å². The van der Waals surface area contributed by atoms with Crippen LogP contribution in [0, 0.1) is 10.1 Å². The molecule has 0 saturated carbocycles. The Kier molecular flexibility index (Phi) is 5.25. The van der Waals surface area contributed by atoms with Gasteiger partial charge in [-0.2, -0.15) is 13.2 Å². The minimum Gasteiger partial charge on any atom is -0.387 e. The first-order chi connectivity index (χ1) is 8.79. The van der Waals surface area contributed by atoms with Gasteiger partial charge in [-0.15, -0.1) is 0 Å². The lowest BCUT2D eigenvalue weighted by Gasteiger charge is -2.12. The summed E-state index contributed by atoms with van der Waals surface area (Å²) in [5.41, 5.74) is 0.297. The quantitative estimate of drug-likeness (QED) is 0.475. The van der Waals surface area contributed by atoms with E-state index < -0.39 is 23.6 Å². The van der Waals surface area contributed by atoms with Crippen LogP contribution in [0.1, 0.15) is 18.1 Å². The van der Waals surface area contributed by atoms with Crippen LogP contribution in [-0.2, 0) is 0 Å². The Bertz CT molecular complexity index is 420. The van der Waals surface area contributed by atoms with Crippen LogP contribution in [0.15, 0.2) is 24.3 Å². The molecule has 0 fully saturated rings. The zero-order valence-corrected chi connectivity index (χ0v) is 9.85. The average molecular weight is 278 g/mol. The fourth-order valence-corrected chi connectivity index (χ4v) is 1.40. The van der Waals surface area contributed by atoms with E-state index in [4.69, 9.17) is 0 Å². The number of hydrogen-bond donors (Lipinski definition) is 2. The molecule has 0 bridgehead atoms. The van der Waals surface area contributed by atoms with Crippen LogP contribution >= 0.6 is 0 Å². The largest absolute Gasteiger partial charge is 0.390 e. The molecule has 0 spiro atoms. The van der Waals surface area contributed by atoms with E-state index in [1.807, 2.05) is 0 Å². The standard InChI is InChI=1S/C11H13F3N2O3/c12-11(13,14)5-6-15-7-10(17)8-1-3-9(4-2-8)16(18)19/h1-4,10,15,17H,5-7H2. The molecule has 5 nitrogen and oxygen atoms in total. The molecule has 1 rings (SSSR count). The molecule has 8 heteroatoms. The smallest absolute Gasteiger partial charge is 0.387 e. The van der Waals surface area contributed by atoms with Crippen molar-refractivity contribution >= 4 is 5.69 Å². The zero-order valence-electron chi connectivity index (χ0n) is 9.85. The summed E-state index contributed by atoms with van der Waals surface area (Å²) in [5.74, 6) is 0. The van der Waals surface area contributed by atoms with Crippen LogP contribution in [0.25, 0.3) is 0 Å². The fourth-order valence-electron chi connectivity index (χ4n) is 1.40. The van der Waals surface area contributed by atoms with Crippen molar-refractivity contribution in [1.82, 2.24) is 5.32 Å². The van der Waals surface area contributed by atoms with Crippen molar-refractivity contribution in [2.24, 2.45) is 0 Å². The van der Waals surface area contributed by atoms with Crippen molar-refractivity contribution in [2.75, 3.05) is 13.1 Å². The lowest BCUT2D eigenvalue weighted by atomic mass is 10.1. The van der Waals surface area contributed by atoms with E-state index in [1.165, 1.54) is 24.3 Å². The maximum atomic E-state index is 11.9. The molecule has 0 amide bonds. The number of aliphatic hydroxyl groups excluding tert-OH is 1. The summed E-state index contributed by atoms with van der Waals surface area (Å²) in [6, 6.07) is 5.20. The van der Waals surface area contributed by atoms with Crippen molar-refractivity contribution in [2.45, 2.75) is 18.7 Å². The molecule has 0 radical (unpaired) electrons. The Balaban J connectivity index is 2.41. The third kappa shape index (κ3) is 5.66. The van der Waals surface area contributed by atoms with Crippen LogP contribution < -0.4 is 5.32 Å². The molecule has 0 aromatic heterocycles. The van der Waals surface area contributed by atoms with Gasteiger partial charge in [0.25, 0.3) is 5.69 Å². The van der Waals surface area contributed by atoms with E-state index in [0.29, 0.717) is 5.56 Å². The monoisotopic (exact) mass is 278 g/mol. The highest BCUT2D eigenvalue weighted by atomic mass is 19.4. The Labute approximate surface area is 107 Å². The Morgan fingerprint density at radius 3 is 2.37 bits per heavy atom. The summed E-state index contributed by atoms with van der Waals surface area (Å²) in [7, 11) is 0. The molecule has 1 unspecified atom stereocenters. The first-order valence-corrected chi connectivity index (χ1v) is 5.49. The lowest BCUT2D eigenvalue weighted by molar-refractivity contribution is -0.384. The highest BCUT2D eigenvalue weighted by Crippen LogP contribution is 2.19. The zero-order chi connectivity index (χ0) is 14.5. The predicted molar refractivity (Wildman–Crippen MR) is 61.6 cm³/mol. The van der Waals surface area contributed by atoms with Gasteiger partial charge in [-0.05, 0) is 17.7 Å². The summed E-state index contributed by atoms with van der Waals surface area (Å²) in [6.45, 7) is -0.332. The fraction of sp³-hybridized carbons (Fsp3) is 0.455. The molecule has 1 atom stereocenters. The molecule has 106 valence electrons. The number of non-ortho nitro benzene ring substituents is 1. The molecular weight excluding hydrogens is 265 g/mol. The van der Waals surface area contributed by atoms with Gasteiger partial charge in [-0.3, -0.25) is 10.1 Å². The van der Waals surface area contributed by atoms with E-state index in [9.17, 15) is 28.4 Å². The lowest BCUT2D eigenvalue weighted by Crippen LogP contribution is -2.26. The van der Waals surface area contributed by atoms with Gasteiger partial charge < -0.3 is 10.4 Å². The molecule has 0 aliphatic rings. The van der Waals surface area contributed by atoms with Gasteiger partial charge in [0, 0.05) is 25.2 Å². The van der Waals surface area contributed by atoms with Crippen molar-refractivity contribution in [3.63, 3.8) is 0 Å². The van der Waals surface area contributed by atoms with Gasteiger partial charge in [-0.25, -0.2) is 0 Å². The Morgan fingerprint density at radius 2 is 1.89 bits per heavy atom. The van der Waals surface area contributed by atoms with Crippen molar-refractivity contribution in [3.05, 3.63) is 39.9 Å². The number of alkyl halides is 3. The molecular formula is C11H13F3N2O3. The second kappa shape index (κ2) is 6.48. The van der Waals surface area contributed by atoms with Gasteiger partial charge in [0.2, 0.25) is 0 Å². The van der Waals surface area contributed by atoms with Crippen LogP contribution in [0.3, 0.4) is 0 Å². The van der Waals surface area contributed by atoms with E-state index in [0.717, 1.165) is 0 Å². The third-order valence-electron chi connectivity index (χ3n) is 2.41. The van der Waals surface area contributed by atoms with E-state index in [-0.39, 0.29) is 18.8 Å². The number of benzene rings is 1. The number of nitrogens with zero attached hydrogens (tertiary/aromatic N) is 1. The molecule has 1 aromatic rings. The maximum absolute atomic E-state index is 11.9. The molecule has 0 heterocycles. The average Bonchev–Trinajstić information content (AvgIpc) is 2.33. The predicted octanol–water partition coefficient (Wildman–Crippen LogP) is 2.17. The number of rotatable bonds is 6. The van der Waals surface area contributed by atoms with Crippen LogP contribution in [0.4, 0.5) is 18.9 Å². The third-order valence-corrected chi connectivity index (χ3v) is 2.41. The van der Waals surface area contributed by atoms with Crippen LogP contribution in [-0.4, -0.2) is 29.3 Å². The number of nitro benzene ring substituents is 1. The van der Waals surface area contributed by atoms with Gasteiger partial charge in [0.15, 0.2) is 0 Å². The normalized spacial score (nSPS) is 13.3. The molecule has 0 aliphatic carbocycles. The van der Waals surface area contributed by atoms with Crippen LogP contribution in [0.5, 0.6) is 0 Å². The molecule has 2 N–H and O–H groups in total. The molecule has 1 aromatic carbocycles. The number of nitro groups is 1. The SMILES string of the molecule is O=[N+]([O-])c1ccc(C(O)CNCCC(F)(F)F)cc1. The van der Waals surface area contributed by atoms with Gasteiger partial charge in [0.1, 0.15) is 0 Å². The molecule has 19 heavy (non-hydrogen) atoms. The summed E-state index contributed by atoms with van der Waals surface area (Å²) in [5, 5.41) is 22.6. The van der Waals surface area contributed by atoms with Crippen molar-refractivity contribution in [1.29, 1.82) is 0 Å². The Morgan fingerprint density at radius 1 is 1.32 bits per heavy atom. The van der Waals surface area contributed by atoms with Gasteiger partial charge >= 0.3 is 6.18 Å². The summed E-state index contributed by atoms with van der Waals surface area (Å²) in [6.07, 6.45) is -6.21. The first kappa shape index (κ1) is 15.4. The number of nitrogens with one attached hydrogen (secondary N) is 1. The maximum Gasteiger partial charge on any atom is 0.390 e. The number of hydrogen-bond acceptors (Lipinski definition) is 4. The second-order valence-electron chi connectivity index (χ2n) is 3.93. The summed E-state index contributed by atoms with van der Waals surface area (Å²) in [4.78, 5) is 9.84. The van der Waals surface area contributed by atoms with Gasteiger partial charge in [-0.1, -0.05) is 0 Å².